The first-order chi connectivity index (χ1) is 13.6. The second kappa shape index (κ2) is 9.18. The molecule has 0 fully saturated rings. The summed E-state index contributed by atoms with van der Waals surface area (Å²) >= 11 is 6.09. The molecule has 0 saturated carbocycles. The Balaban J connectivity index is 1.80. The molecular formula is C19H19ClFN5O2. The van der Waals surface area contributed by atoms with Gasteiger partial charge in [-0.05, 0) is 28.6 Å². The lowest BCUT2D eigenvalue weighted by atomic mass is 10.1. The third kappa shape index (κ3) is 4.40. The summed E-state index contributed by atoms with van der Waals surface area (Å²) in [6.07, 6.45) is 1.69. The van der Waals surface area contributed by atoms with Gasteiger partial charge in [0.1, 0.15) is 12.4 Å². The van der Waals surface area contributed by atoms with Crippen LogP contribution < -0.4 is 14.8 Å². The molecule has 0 atom stereocenters. The van der Waals surface area contributed by atoms with Crippen LogP contribution in [0.5, 0.6) is 11.5 Å². The Morgan fingerprint density at radius 3 is 2.86 bits per heavy atom. The van der Waals surface area contributed by atoms with Gasteiger partial charge in [0, 0.05) is 17.7 Å². The standard InChI is InChI=1S/C19H19ClFN5O2/c1-3-10-26-19(23-24-25-26)22-11-13-6-4-9-17(27-2)18(13)28-12-14-15(20)7-5-8-16(14)21/h3-9H,1,10-12H2,2H3,(H,22,23,25). The SMILES string of the molecule is C=CCn1nnnc1NCc1cccc(OC)c1OCc1c(F)cccc1Cl. The Morgan fingerprint density at radius 2 is 2.11 bits per heavy atom. The molecule has 1 heterocycles. The third-order valence-electron chi connectivity index (χ3n) is 3.97. The lowest BCUT2D eigenvalue weighted by molar-refractivity contribution is 0.277. The van der Waals surface area contributed by atoms with E-state index in [2.05, 4.69) is 27.4 Å². The van der Waals surface area contributed by atoms with E-state index < -0.39 is 5.82 Å². The van der Waals surface area contributed by atoms with Crippen molar-refractivity contribution in [3.05, 3.63) is 71.0 Å². The number of allylic oxidation sites excluding steroid dienone is 1. The smallest absolute Gasteiger partial charge is 0.243 e. The normalized spacial score (nSPS) is 10.5. The van der Waals surface area contributed by atoms with Gasteiger partial charge in [0.15, 0.2) is 11.5 Å². The predicted molar refractivity (Wildman–Crippen MR) is 104 cm³/mol. The van der Waals surface area contributed by atoms with E-state index in [1.807, 2.05) is 12.1 Å². The van der Waals surface area contributed by atoms with Crippen molar-refractivity contribution in [3.63, 3.8) is 0 Å². The van der Waals surface area contributed by atoms with Crippen LogP contribution in [0.1, 0.15) is 11.1 Å². The van der Waals surface area contributed by atoms with Crippen LogP contribution in [-0.2, 0) is 19.7 Å². The molecule has 0 saturated heterocycles. The summed E-state index contributed by atoms with van der Waals surface area (Å²) < 4.78 is 26.9. The summed E-state index contributed by atoms with van der Waals surface area (Å²) in [6, 6.07) is 9.99. The van der Waals surface area contributed by atoms with E-state index in [0.717, 1.165) is 5.56 Å². The zero-order valence-corrected chi connectivity index (χ0v) is 16.0. The lowest BCUT2D eigenvalue weighted by Crippen LogP contribution is -2.10. The highest BCUT2D eigenvalue weighted by Gasteiger charge is 2.15. The predicted octanol–water partition coefficient (Wildman–Crippen LogP) is 3.85. The van der Waals surface area contributed by atoms with E-state index >= 15 is 0 Å². The number of hydrogen-bond acceptors (Lipinski definition) is 6. The molecule has 1 aromatic heterocycles. The van der Waals surface area contributed by atoms with Gasteiger partial charge in [0.2, 0.25) is 5.95 Å². The Labute approximate surface area is 166 Å². The Bertz CT molecular complexity index is 943. The van der Waals surface area contributed by atoms with Crippen LogP contribution in [-0.4, -0.2) is 27.3 Å². The topological polar surface area (TPSA) is 74.1 Å². The number of tetrazole rings is 1. The molecule has 9 heteroatoms. The van der Waals surface area contributed by atoms with E-state index in [-0.39, 0.29) is 12.2 Å². The van der Waals surface area contributed by atoms with Crippen LogP contribution in [0, 0.1) is 5.82 Å². The van der Waals surface area contributed by atoms with Gasteiger partial charge in [0.05, 0.1) is 18.7 Å². The molecule has 1 N–H and O–H groups in total. The number of nitrogens with one attached hydrogen (secondary N) is 1. The maximum absolute atomic E-state index is 14.0. The quantitative estimate of drug-likeness (QED) is 0.547. The van der Waals surface area contributed by atoms with E-state index in [1.54, 1.807) is 36.1 Å². The number of anilines is 1. The van der Waals surface area contributed by atoms with Crippen LogP contribution >= 0.6 is 11.6 Å². The molecule has 28 heavy (non-hydrogen) atoms. The van der Waals surface area contributed by atoms with Crippen LogP contribution in [0.25, 0.3) is 0 Å². The van der Waals surface area contributed by atoms with Crippen LogP contribution in [0.3, 0.4) is 0 Å². The van der Waals surface area contributed by atoms with Crippen molar-refractivity contribution in [2.24, 2.45) is 0 Å². The molecule has 7 nitrogen and oxygen atoms in total. The molecule has 2 aromatic carbocycles. The number of aromatic nitrogens is 4. The molecule has 0 bridgehead atoms. The van der Waals surface area contributed by atoms with Crippen molar-refractivity contribution in [1.82, 2.24) is 20.2 Å². The molecule has 146 valence electrons. The van der Waals surface area contributed by atoms with Crippen molar-refractivity contribution < 1.29 is 13.9 Å². The van der Waals surface area contributed by atoms with Crippen molar-refractivity contribution in [2.75, 3.05) is 12.4 Å². The molecule has 0 amide bonds. The summed E-state index contributed by atoms with van der Waals surface area (Å²) in [6.45, 7) is 4.49. The van der Waals surface area contributed by atoms with Crippen LogP contribution in [0.4, 0.5) is 10.3 Å². The Hall–Kier alpha value is -3.13. The number of para-hydroxylation sites is 1. The maximum atomic E-state index is 14.0. The van der Waals surface area contributed by atoms with Crippen molar-refractivity contribution >= 4 is 17.5 Å². The summed E-state index contributed by atoms with van der Waals surface area (Å²) in [4.78, 5) is 0. The van der Waals surface area contributed by atoms with E-state index in [4.69, 9.17) is 21.1 Å². The monoisotopic (exact) mass is 403 g/mol. The molecule has 0 radical (unpaired) electrons. The zero-order chi connectivity index (χ0) is 19.9. The van der Waals surface area contributed by atoms with Crippen molar-refractivity contribution in [3.8, 4) is 11.5 Å². The minimum atomic E-state index is -0.425. The first-order valence-corrected chi connectivity index (χ1v) is 8.84. The van der Waals surface area contributed by atoms with Crippen LogP contribution in [0.15, 0.2) is 49.1 Å². The van der Waals surface area contributed by atoms with Crippen LogP contribution in [0.2, 0.25) is 5.02 Å². The molecule has 0 aliphatic heterocycles. The van der Waals surface area contributed by atoms with Gasteiger partial charge in [-0.1, -0.05) is 41.0 Å². The van der Waals surface area contributed by atoms with Gasteiger partial charge in [-0.2, -0.15) is 0 Å². The summed E-state index contributed by atoms with van der Waals surface area (Å²) in [5.74, 6) is 1.08. The molecule has 0 spiro atoms. The fourth-order valence-corrected chi connectivity index (χ4v) is 2.81. The largest absolute Gasteiger partial charge is 0.493 e. The number of benzene rings is 2. The second-order valence-electron chi connectivity index (χ2n) is 5.76. The fourth-order valence-electron chi connectivity index (χ4n) is 2.59. The maximum Gasteiger partial charge on any atom is 0.243 e. The van der Waals surface area contributed by atoms with Gasteiger partial charge >= 0.3 is 0 Å². The van der Waals surface area contributed by atoms with E-state index in [0.29, 0.717) is 35.6 Å². The Morgan fingerprint density at radius 1 is 1.29 bits per heavy atom. The lowest BCUT2D eigenvalue weighted by Gasteiger charge is -2.16. The van der Waals surface area contributed by atoms with E-state index in [1.165, 1.54) is 6.07 Å². The van der Waals surface area contributed by atoms with E-state index in [9.17, 15) is 4.39 Å². The average Bonchev–Trinajstić information content (AvgIpc) is 3.13. The molecule has 0 unspecified atom stereocenters. The van der Waals surface area contributed by atoms with Crippen molar-refractivity contribution in [1.29, 1.82) is 0 Å². The number of rotatable bonds is 9. The average molecular weight is 404 g/mol. The molecule has 0 aliphatic rings. The van der Waals surface area contributed by atoms with Crippen molar-refractivity contribution in [2.45, 2.75) is 19.7 Å². The minimum absolute atomic E-state index is 0.0346. The number of halogens is 2. The fraction of sp³-hybridized carbons (Fsp3) is 0.211. The number of ether oxygens (including phenoxy) is 2. The summed E-state index contributed by atoms with van der Waals surface area (Å²) in [7, 11) is 1.54. The first-order valence-electron chi connectivity index (χ1n) is 8.46. The van der Waals surface area contributed by atoms with Gasteiger partial charge in [-0.3, -0.25) is 0 Å². The number of hydrogen-bond donors (Lipinski definition) is 1. The third-order valence-corrected chi connectivity index (χ3v) is 4.33. The van der Waals surface area contributed by atoms with Gasteiger partial charge in [-0.15, -0.1) is 6.58 Å². The summed E-state index contributed by atoms with van der Waals surface area (Å²) in [5, 5.41) is 14.9. The number of methoxy groups -OCH3 is 1. The Kier molecular flexibility index (Phi) is 6.44. The number of nitrogens with zero attached hydrogens (tertiary/aromatic N) is 4. The highest BCUT2D eigenvalue weighted by atomic mass is 35.5. The van der Waals surface area contributed by atoms with Gasteiger partial charge in [-0.25, -0.2) is 9.07 Å². The molecular weight excluding hydrogens is 385 g/mol. The molecule has 0 aliphatic carbocycles. The highest BCUT2D eigenvalue weighted by molar-refractivity contribution is 6.31. The highest BCUT2D eigenvalue weighted by Crippen LogP contribution is 2.33. The minimum Gasteiger partial charge on any atom is -0.493 e. The summed E-state index contributed by atoms with van der Waals surface area (Å²) in [5.41, 5.74) is 1.07. The first kappa shape index (κ1) is 19.6. The second-order valence-corrected chi connectivity index (χ2v) is 6.17. The molecule has 3 rings (SSSR count). The zero-order valence-electron chi connectivity index (χ0n) is 15.2. The molecule has 3 aromatic rings. The van der Waals surface area contributed by atoms with Gasteiger partial charge in [0.25, 0.3) is 0 Å². The van der Waals surface area contributed by atoms with Gasteiger partial charge < -0.3 is 14.8 Å².